The van der Waals surface area contributed by atoms with Gasteiger partial charge in [0.15, 0.2) is 0 Å². The van der Waals surface area contributed by atoms with Gasteiger partial charge in [0, 0.05) is 6.04 Å². The van der Waals surface area contributed by atoms with Gasteiger partial charge in [-0.2, -0.15) is 0 Å². The molecular weight excluding hydrogens is 486 g/mol. The van der Waals surface area contributed by atoms with E-state index in [1.165, 1.54) is 16.7 Å². The lowest BCUT2D eigenvalue weighted by Crippen LogP contribution is -2.32. The molecule has 7 heteroatoms. The Hall–Kier alpha value is -2.22. The maximum Gasteiger partial charge on any atom is 0.308 e. The third kappa shape index (κ3) is 14.9. The number of hydrogen-bond acceptors (Lipinski definition) is 5. The Morgan fingerprint density at radius 3 is 1.92 bits per heavy atom. The first kappa shape index (κ1) is 32.8. The molecule has 6 nitrogen and oxygen atoms in total. The van der Waals surface area contributed by atoms with Crippen molar-refractivity contribution in [3.8, 4) is 11.1 Å². The number of esters is 1. The van der Waals surface area contributed by atoms with Gasteiger partial charge in [-0.25, -0.2) is 13.1 Å². The monoisotopic (exact) mass is 533 g/mol. The van der Waals surface area contributed by atoms with Gasteiger partial charge in [-0.1, -0.05) is 62.4 Å². The lowest BCUT2D eigenvalue weighted by Gasteiger charge is -2.20. The van der Waals surface area contributed by atoms with E-state index in [1.807, 2.05) is 54.5 Å². The number of carbonyl (C=O) groups is 1. The maximum absolute atomic E-state index is 11.1. The molecule has 0 aromatic heterocycles. The molecule has 0 atom stereocenters. The van der Waals surface area contributed by atoms with Crippen LogP contribution in [0.15, 0.2) is 54.6 Å². The van der Waals surface area contributed by atoms with E-state index < -0.39 is 10.0 Å². The first-order valence-corrected chi connectivity index (χ1v) is 14.6. The Bertz CT molecular complexity index is 1040. The van der Waals surface area contributed by atoms with E-state index in [0.717, 1.165) is 12.8 Å². The van der Waals surface area contributed by atoms with E-state index >= 15 is 0 Å². The summed E-state index contributed by atoms with van der Waals surface area (Å²) in [6.07, 6.45) is 1.94. The number of nitrogens with one attached hydrogen (secondary N) is 1. The van der Waals surface area contributed by atoms with Crippen LogP contribution >= 0.6 is 0 Å². The fourth-order valence-electron chi connectivity index (χ4n) is 2.96. The molecule has 0 aliphatic heterocycles. The van der Waals surface area contributed by atoms with Crippen molar-refractivity contribution in [3.63, 3.8) is 0 Å². The highest BCUT2D eigenvalue weighted by atomic mass is 32.2. The van der Waals surface area contributed by atoms with Crippen LogP contribution in [0, 0.1) is 5.92 Å². The molecule has 1 aliphatic carbocycles. The van der Waals surface area contributed by atoms with Crippen LogP contribution in [0.1, 0.15) is 80.7 Å². The van der Waals surface area contributed by atoms with Crippen LogP contribution < -0.4 is 4.72 Å². The van der Waals surface area contributed by atoms with Crippen molar-refractivity contribution in [3.05, 3.63) is 60.2 Å². The van der Waals surface area contributed by atoms with Gasteiger partial charge in [0.1, 0.15) is 5.60 Å². The Morgan fingerprint density at radius 2 is 1.49 bits per heavy atom. The van der Waals surface area contributed by atoms with Crippen molar-refractivity contribution in [2.75, 3.05) is 0 Å². The van der Waals surface area contributed by atoms with Gasteiger partial charge in [-0.05, 0) is 84.1 Å². The topological polar surface area (TPSA) is 81.7 Å². The summed E-state index contributed by atoms with van der Waals surface area (Å²) in [7, 11) is -2.94. The van der Waals surface area contributed by atoms with Gasteiger partial charge in [-0.15, -0.1) is 0 Å². The summed E-state index contributed by atoms with van der Waals surface area (Å²) in [4.78, 5) is 10.9. The van der Waals surface area contributed by atoms with E-state index in [4.69, 9.17) is 9.47 Å². The van der Waals surface area contributed by atoms with Gasteiger partial charge in [0.2, 0.25) is 10.0 Å². The molecule has 1 aliphatic rings. The van der Waals surface area contributed by atoms with Crippen molar-refractivity contribution in [1.82, 2.24) is 4.72 Å². The highest BCUT2D eigenvalue weighted by Crippen LogP contribution is 2.27. The van der Waals surface area contributed by atoms with Crippen LogP contribution in [0.5, 0.6) is 0 Å². The average molecular weight is 534 g/mol. The molecule has 0 saturated heterocycles. The van der Waals surface area contributed by atoms with Crippen LogP contribution in [0.25, 0.3) is 11.1 Å². The zero-order valence-corrected chi connectivity index (χ0v) is 24.9. The van der Waals surface area contributed by atoms with Crippen molar-refractivity contribution in [1.29, 1.82) is 0 Å². The smallest absolute Gasteiger partial charge is 0.308 e. The van der Waals surface area contributed by atoms with E-state index in [0.29, 0.717) is 6.61 Å². The van der Waals surface area contributed by atoms with Crippen LogP contribution in [-0.4, -0.2) is 37.4 Å². The van der Waals surface area contributed by atoms with E-state index in [1.54, 1.807) is 0 Å². The Kier molecular flexibility index (Phi) is 13.5. The SMILES string of the molecule is CC(C)C(=O)OC(C)(C)C.CC(C)NS(=O)(=O)C1CC1.CC(C)OCc1cccc(-c2ccccc2)c1. The number of sulfonamides is 1. The van der Waals surface area contributed by atoms with E-state index in [2.05, 4.69) is 67.1 Å². The predicted octanol–water partition coefficient (Wildman–Crippen LogP) is 6.74. The minimum absolute atomic E-state index is 0.0285. The standard InChI is InChI=1S/C16H18O.C8H16O2.C6H13NO2S/c1-13(2)17-12-14-7-6-10-16(11-14)15-8-4-3-5-9-15;1-6(2)7(9)10-8(3,4)5;1-5(2)7-10(8,9)6-3-4-6/h3-11,13H,12H2,1-2H3;6H,1-5H3;5-7H,3-4H2,1-2H3. The Labute approximate surface area is 225 Å². The van der Waals surface area contributed by atoms with E-state index in [-0.39, 0.29) is 34.9 Å². The van der Waals surface area contributed by atoms with Crippen LogP contribution in [0.2, 0.25) is 0 Å². The van der Waals surface area contributed by atoms with Crippen LogP contribution in [0.3, 0.4) is 0 Å². The lowest BCUT2D eigenvalue weighted by atomic mass is 10.0. The molecule has 0 spiro atoms. The minimum Gasteiger partial charge on any atom is -0.460 e. The van der Waals surface area contributed by atoms with Crippen molar-refractivity contribution < 1.29 is 22.7 Å². The predicted molar refractivity (Wildman–Crippen MR) is 153 cm³/mol. The Balaban J connectivity index is 0.000000297. The largest absolute Gasteiger partial charge is 0.460 e. The molecule has 1 fully saturated rings. The first-order valence-electron chi connectivity index (χ1n) is 13.1. The molecule has 0 radical (unpaired) electrons. The molecule has 37 heavy (non-hydrogen) atoms. The molecule has 0 heterocycles. The van der Waals surface area contributed by atoms with Crippen molar-refractivity contribution in [2.24, 2.45) is 5.92 Å². The fraction of sp³-hybridized carbons (Fsp3) is 0.567. The zero-order valence-electron chi connectivity index (χ0n) is 24.1. The quantitative estimate of drug-likeness (QED) is 0.380. The number of hydrogen-bond donors (Lipinski definition) is 1. The molecule has 0 bridgehead atoms. The average Bonchev–Trinajstić information content (AvgIpc) is 3.64. The summed E-state index contributed by atoms with van der Waals surface area (Å²) >= 11 is 0. The fourth-order valence-corrected chi connectivity index (χ4v) is 4.56. The number of benzene rings is 2. The van der Waals surface area contributed by atoms with Gasteiger partial charge in [0.05, 0.1) is 23.9 Å². The third-order valence-corrected chi connectivity index (χ3v) is 7.01. The summed E-state index contributed by atoms with van der Waals surface area (Å²) in [5, 5.41) is -0.0881. The minimum atomic E-state index is -2.94. The molecule has 3 rings (SSSR count). The zero-order chi connectivity index (χ0) is 28.2. The second kappa shape index (κ2) is 15.3. The van der Waals surface area contributed by atoms with Gasteiger partial charge in [0.25, 0.3) is 0 Å². The molecule has 0 amide bonds. The molecule has 208 valence electrons. The van der Waals surface area contributed by atoms with Crippen LogP contribution in [0.4, 0.5) is 0 Å². The summed E-state index contributed by atoms with van der Waals surface area (Å²) < 4.78 is 35.4. The Morgan fingerprint density at radius 1 is 0.919 bits per heavy atom. The first-order chi connectivity index (χ1) is 17.1. The summed E-state index contributed by atoms with van der Waals surface area (Å²) in [6.45, 7) is 17.7. The van der Waals surface area contributed by atoms with Crippen molar-refractivity contribution in [2.45, 2.75) is 105 Å². The third-order valence-electron chi connectivity index (χ3n) is 4.86. The summed E-state index contributed by atoms with van der Waals surface area (Å²) in [5.74, 6) is -0.160. The normalized spacial score (nSPS) is 13.5. The molecular formula is C30H47NO5S. The molecule has 1 saturated carbocycles. The molecule has 2 aromatic carbocycles. The highest BCUT2D eigenvalue weighted by Gasteiger charge is 2.35. The van der Waals surface area contributed by atoms with Gasteiger partial charge < -0.3 is 9.47 Å². The second-order valence-corrected chi connectivity index (χ2v) is 13.1. The molecule has 1 N–H and O–H groups in total. The molecule has 0 unspecified atom stereocenters. The van der Waals surface area contributed by atoms with Gasteiger partial charge >= 0.3 is 5.97 Å². The lowest BCUT2D eigenvalue weighted by molar-refractivity contribution is -0.158. The second-order valence-electron chi connectivity index (χ2n) is 11.1. The maximum atomic E-state index is 11.1. The van der Waals surface area contributed by atoms with Gasteiger partial charge in [-0.3, -0.25) is 4.79 Å². The number of ether oxygens (including phenoxy) is 2. The number of carbonyl (C=O) groups excluding carboxylic acids is 1. The summed E-state index contributed by atoms with van der Waals surface area (Å²) in [6, 6.07) is 19.0. The van der Waals surface area contributed by atoms with E-state index in [9.17, 15) is 13.2 Å². The molecule has 2 aromatic rings. The highest BCUT2D eigenvalue weighted by molar-refractivity contribution is 7.90. The summed E-state index contributed by atoms with van der Waals surface area (Å²) in [5.41, 5.74) is 3.37. The van der Waals surface area contributed by atoms with Crippen molar-refractivity contribution >= 4 is 16.0 Å². The number of rotatable bonds is 8. The van der Waals surface area contributed by atoms with Crippen LogP contribution in [-0.2, 0) is 30.9 Å².